The minimum absolute atomic E-state index is 0. The summed E-state index contributed by atoms with van der Waals surface area (Å²) in [7, 11) is -3.67. The largest absolute Gasteiger partial charge is 0.492 e. The predicted molar refractivity (Wildman–Crippen MR) is 102 cm³/mol. The number of hydrogen-bond donors (Lipinski definition) is 1. The van der Waals surface area contributed by atoms with Gasteiger partial charge in [0.15, 0.2) is 0 Å². The Bertz CT molecular complexity index is 680. The third kappa shape index (κ3) is 4.61. The molecule has 1 aromatic rings. The Morgan fingerprint density at radius 3 is 2.60 bits per heavy atom. The molecule has 1 saturated carbocycles. The van der Waals surface area contributed by atoms with Crippen molar-refractivity contribution in [3.8, 4) is 5.75 Å². The lowest BCUT2D eigenvalue weighted by molar-refractivity contribution is 0.177. The first kappa shape index (κ1) is 20.8. The van der Waals surface area contributed by atoms with Crippen molar-refractivity contribution >= 4 is 34.0 Å². The molecule has 5 nitrogen and oxygen atoms in total. The Hall–Kier alpha value is -0.530. The van der Waals surface area contributed by atoms with Crippen LogP contribution in [-0.4, -0.2) is 38.5 Å². The van der Waals surface area contributed by atoms with Gasteiger partial charge in [-0.15, -0.1) is 12.4 Å². The summed E-state index contributed by atoms with van der Waals surface area (Å²) < 4.78 is 33.8. The van der Waals surface area contributed by atoms with Crippen LogP contribution in [0.4, 0.5) is 0 Å². The Morgan fingerprint density at radius 1 is 1.20 bits per heavy atom. The van der Waals surface area contributed by atoms with Crippen molar-refractivity contribution in [1.82, 2.24) is 4.31 Å². The lowest BCUT2D eigenvalue weighted by Crippen LogP contribution is -2.47. The smallest absolute Gasteiger partial charge is 0.247 e. The fourth-order valence-corrected chi connectivity index (χ4v) is 5.42. The molecule has 25 heavy (non-hydrogen) atoms. The third-order valence-electron chi connectivity index (χ3n) is 5.04. The van der Waals surface area contributed by atoms with Gasteiger partial charge >= 0.3 is 0 Å². The standard InChI is InChI=1S/C17H25ClN2O3S.ClH/c18-14-7-8-16(23-12-13-4-3-5-13)17(10-14)24(21,22)20-9-2-1-6-15(20)11-19;/h7-8,10,13,15H,1-6,9,11-12,19H2;1H. The molecule has 1 aromatic carbocycles. The summed E-state index contributed by atoms with van der Waals surface area (Å²) in [5.41, 5.74) is 5.80. The fourth-order valence-electron chi connectivity index (χ4n) is 3.32. The van der Waals surface area contributed by atoms with E-state index >= 15 is 0 Å². The van der Waals surface area contributed by atoms with Gasteiger partial charge in [0.05, 0.1) is 6.61 Å². The molecule has 1 aliphatic heterocycles. The summed E-state index contributed by atoms with van der Waals surface area (Å²) in [5, 5.41) is 0.394. The van der Waals surface area contributed by atoms with Crippen LogP contribution in [0.2, 0.25) is 5.02 Å². The molecular formula is C17H26Cl2N2O3S. The molecular weight excluding hydrogens is 383 g/mol. The van der Waals surface area contributed by atoms with Crippen LogP contribution >= 0.6 is 24.0 Å². The second kappa shape index (κ2) is 8.91. The van der Waals surface area contributed by atoms with Gasteiger partial charge in [-0.05, 0) is 49.8 Å². The molecule has 1 atom stereocenters. The summed E-state index contributed by atoms with van der Waals surface area (Å²) in [5.74, 6) is 0.927. The molecule has 0 radical (unpaired) electrons. The van der Waals surface area contributed by atoms with Gasteiger partial charge in [-0.3, -0.25) is 0 Å². The number of nitrogens with two attached hydrogens (primary N) is 1. The molecule has 0 spiro atoms. The van der Waals surface area contributed by atoms with E-state index < -0.39 is 10.0 Å². The lowest BCUT2D eigenvalue weighted by atomic mass is 9.86. The van der Waals surface area contributed by atoms with E-state index in [1.807, 2.05) is 0 Å². The van der Waals surface area contributed by atoms with Gasteiger partial charge in [0.1, 0.15) is 10.6 Å². The van der Waals surface area contributed by atoms with Crippen LogP contribution in [0.3, 0.4) is 0 Å². The highest BCUT2D eigenvalue weighted by molar-refractivity contribution is 7.89. The number of rotatable bonds is 6. The molecule has 8 heteroatoms. The molecule has 1 aliphatic carbocycles. The minimum atomic E-state index is -3.67. The van der Waals surface area contributed by atoms with Gasteiger partial charge < -0.3 is 10.5 Å². The van der Waals surface area contributed by atoms with Crippen LogP contribution < -0.4 is 10.5 Å². The summed E-state index contributed by atoms with van der Waals surface area (Å²) in [6.07, 6.45) is 6.19. The zero-order valence-electron chi connectivity index (χ0n) is 14.2. The molecule has 1 unspecified atom stereocenters. The molecule has 0 amide bonds. The summed E-state index contributed by atoms with van der Waals surface area (Å²) in [4.78, 5) is 0.162. The quantitative estimate of drug-likeness (QED) is 0.781. The second-order valence-corrected chi connectivity index (χ2v) is 9.00. The first-order chi connectivity index (χ1) is 11.5. The molecule has 2 N–H and O–H groups in total. The number of ether oxygens (including phenoxy) is 1. The zero-order valence-corrected chi connectivity index (χ0v) is 16.6. The normalized spacial score (nSPS) is 22.1. The number of hydrogen-bond acceptors (Lipinski definition) is 4. The SMILES string of the molecule is Cl.NCC1CCCCN1S(=O)(=O)c1cc(Cl)ccc1OCC1CCC1. The average molecular weight is 409 g/mol. The number of nitrogens with zero attached hydrogens (tertiary/aromatic N) is 1. The van der Waals surface area contributed by atoms with Crippen LogP contribution in [0.15, 0.2) is 23.1 Å². The monoisotopic (exact) mass is 408 g/mol. The maximum atomic E-state index is 13.2. The van der Waals surface area contributed by atoms with Crippen molar-refractivity contribution in [3.05, 3.63) is 23.2 Å². The van der Waals surface area contributed by atoms with E-state index in [2.05, 4.69) is 0 Å². The minimum Gasteiger partial charge on any atom is -0.492 e. The highest BCUT2D eigenvalue weighted by atomic mass is 35.5. The Kier molecular flexibility index (Phi) is 7.40. The first-order valence-corrected chi connectivity index (χ1v) is 10.5. The van der Waals surface area contributed by atoms with Crippen molar-refractivity contribution in [3.63, 3.8) is 0 Å². The molecule has 0 bridgehead atoms. The van der Waals surface area contributed by atoms with Crippen molar-refractivity contribution in [2.45, 2.75) is 49.5 Å². The van der Waals surface area contributed by atoms with E-state index in [1.54, 1.807) is 12.1 Å². The van der Waals surface area contributed by atoms with Crippen molar-refractivity contribution < 1.29 is 13.2 Å². The number of benzene rings is 1. The molecule has 142 valence electrons. The average Bonchev–Trinajstić information content (AvgIpc) is 2.54. The summed E-state index contributed by atoms with van der Waals surface area (Å²) in [6.45, 7) is 1.39. The van der Waals surface area contributed by atoms with E-state index in [-0.39, 0.29) is 23.3 Å². The summed E-state index contributed by atoms with van der Waals surface area (Å²) in [6, 6.07) is 4.68. The lowest BCUT2D eigenvalue weighted by Gasteiger charge is -2.34. The van der Waals surface area contributed by atoms with Gasteiger partial charge in [0.2, 0.25) is 10.0 Å². The molecule has 2 fully saturated rings. The van der Waals surface area contributed by atoms with Gasteiger partial charge in [-0.25, -0.2) is 8.42 Å². The van der Waals surface area contributed by atoms with Gasteiger partial charge in [-0.1, -0.05) is 24.4 Å². The fraction of sp³-hybridized carbons (Fsp3) is 0.647. The highest BCUT2D eigenvalue weighted by Gasteiger charge is 2.35. The number of sulfonamides is 1. The van der Waals surface area contributed by atoms with Crippen molar-refractivity contribution in [1.29, 1.82) is 0 Å². The first-order valence-electron chi connectivity index (χ1n) is 8.66. The maximum absolute atomic E-state index is 13.2. The van der Waals surface area contributed by atoms with Gasteiger partial charge in [-0.2, -0.15) is 4.31 Å². The third-order valence-corrected chi connectivity index (χ3v) is 7.24. The van der Waals surface area contributed by atoms with E-state index in [1.165, 1.54) is 16.8 Å². The number of piperidine rings is 1. The van der Waals surface area contributed by atoms with Gasteiger partial charge in [0, 0.05) is 24.2 Å². The van der Waals surface area contributed by atoms with Crippen LogP contribution in [0.25, 0.3) is 0 Å². The molecule has 2 aliphatic rings. The Morgan fingerprint density at radius 2 is 1.96 bits per heavy atom. The Labute approximate surface area is 161 Å². The Balaban J connectivity index is 0.00000225. The second-order valence-electron chi connectivity index (χ2n) is 6.70. The number of halogens is 2. The van der Waals surface area contributed by atoms with Crippen LogP contribution in [0.1, 0.15) is 38.5 Å². The van der Waals surface area contributed by atoms with E-state index in [4.69, 9.17) is 22.1 Å². The zero-order chi connectivity index (χ0) is 17.2. The summed E-state index contributed by atoms with van der Waals surface area (Å²) >= 11 is 6.07. The topological polar surface area (TPSA) is 72.6 Å². The molecule has 3 rings (SSSR count). The molecule has 0 aromatic heterocycles. The van der Waals surface area contributed by atoms with E-state index in [9.17, 15) is 8.42 Å². The maximum Gasteiger partial charge on any atom is 0.247 e. The van der Waals surface area contributed by atoms with Crippen molar-refractivity contribution in [2.75, 3.05) is 19.7 Å². The van der Waals surface area contributed by atoms with E-state index in [0.29, 0.717) is 36.4 Å². The van der Waals surface area contributed by atoms with Crippen molar-refractivity contribution in [2.24, 2.45) is 11.7 Å². The predicted octanol–water partition coefficient (Wildman–Crippen LogP) is 3.44. The molecule has 1 saturated heterocycles. The molecule has 1 heterocycles. The van der Waals surface area contributed by atoms with Crippen LogP contribution in [0, 0.1) is 5.92 Å². The van der Waals surface area contributed by atoms with Gasteiger partial charge in [0.25, 0.3) is 0 Å². The van der Waals surface area contributed by atoms with Crippen LogP contribution in [-0.2, 0) is 10.0 Å². The van der Waals surface area contributed by atoms with E-state index in [0.717, 1.165) is 32.1 Å². The highest BCUT2D eigenvalue weighted by Crippen LogP contribution is 2.34. The van der Waals surface area contributed by atoms with Crippen LogP contribution in [0.5, 0.6) is 5.75 Å².